The molecule has 4 rings (SSSR count). The minimum Gasteiger partial charge on any atom is -0.480 e. The summed E-state index contributed by atoms with van der Waals surface area (Å²) >= 11 is 2.98. The molecule has 0 spiro atoms. The molecular weight excluding hydrogens is 556 g/mol. The molecule has 0 aliphatic carbocycles. The number of allylic oxidation sites excluding steroid dienone is 1. The van der Waals surface area contributed by atoms with E-state index in [1.807, 2.05) is 20.0 Å². The largest absolute Gasteiger partial charge is 0.480 e. The van der Waals surface area contributed by atoms with Crippen molar-refractivity contribution in [3.8, 4) is 0 Å². The van der Waals surface area contributed by atoms with Crippen LogP contribution in [0.3, 0.4) is 0 Å². The van der Waals surface area contributed by atoms with Gasteiger partial charge >= 0.3 is 11.9 Å². The minimum atomic E-state index is -1.00. The summed E-state index contributed by atoms with van der Waals surface area (Å²) in [7, 11) is 0. The zero-order chi connectivity index (χ0) is 29.8. The van der Waals surface area contributed by atoms with E-state index in [0.29, 0.717) is 6.41 Å². The monoisotopic (exact) mass is 598 g/mol. The fourth-order valence-electron chi connectivity index (χ4n) is 5.70. The third-order valence-electron chi connectivity index (χ3n) is 7.72. The molecule has 11 nitrogen and oxygen atoms in total. The first kappa shape index (κ1) is 32.1. The SMILES string of the molecule is CC1(C)S[C@@H]2[C@H](NC=O)C(=O)N2[C@H]1C(=O)O.CCCCCCCC/C=C/N[C@@H]1C(=O)N2[C@@H]1SC(C)(C)[C@@H]2C(=O)O. The van der Waals surface area contributed by atoms with Crippen molar-refractivity contribution >= 4 is 53.7 Å². The summed E-state index contributed by atoms with van der Waals surface area (Å²) in [6.07, 6.45) is 13.1. The molecule has 224 valence electrons. The Hall–Kier alpha value is -2.41. The first-order valence-corrected chi connectivity index (χ1v) is 15.6. The molecule has 0 bridgehead atoms. The average molecular weight is 599 g/mol. The maximum atomic E-state index is 12.3. The molecule has 0 radical (unpaired) electrons. The number of carbonyl (C=O) groups is 5. The summed E-state index contributed by atoms with van der Waals surface area (Å²) in [5.41, 5.74) is 0. The van der Waals surface area contributed by atoms with Crippen LogP contribution in [0.15, 0.2) is 12.3 Å². The van der Waals surface area contributed by atoms with Gasteiger partial charge in [-0.2, -0.15) is 0 Å². The maximum absolute atomic E-state index is 12.3. The number of amides is 3. The lowest BCUT2D eigenvalue weighted by atomic mass is 9.96. The van der Waals surface area contributed by atoms with Crippen LogP contribution >= 0.6 is 23.5 Å². The molecule has 0 aromatic rings. The smallest absolute Gasteiger partial charge is 0.327 e. The van der Waals surface area contributed by atoms with Gasteiger partial charge in [0.25, 0.3) is 0 Å². The van der Waals surface area contributed by atoms with Crippen LogP contribution in [0.25, 0.3) is 0 Å². The number of unbranched alkanes of at least 4 members (excludes halogenated alkanes) is 6. The summed E-state index contributed by atoms with van der Waals surface area (Å²) < 4.78 is -0.990. The van der Waals surface area contributed by atoms with Crippen LogP contribution in [0.1, 0.15) is 79.6 Å². The van der Waals surface area contributed by atoms with Crippen LogP contribution in [-0.2, 0) is 24.0 Å². The topological polar surface area (TPSA) is 156 Å². The molecule has 4 fully saturated rings. The van der Waals surface area contributed by atoms with Gasteiger partial charge in [-0.1, -0.05) is 45.1 Å². The van der Waals surface area contributed by atoms with Gasteiger partial charge in [-0.3, -0.25) is 14.4 Å². The number of carboxylic acid groups (broad SMARTS) is 2. The molecule has 3 amide bonds. The van der Waals surface area contributed by atoms with E-state index in [2.05, 4.69) is 23.6 Å². The number of carbonyl (C=O) groups excluding carboxylic acids is 3. The number of hydrogen-bond donors (Lipinski definition) is 4. The van der Waals surface area contributed by atoms with Crippen LogP contribution in [0.4, 0.5) is 0 Å². The molecule has 0 saturated carbocycles. The van der Waals surface area contributed by atoms with E-state index in [1.165, 1.54) is 60.1 Å². The third-order valence-corrected chi connectivity index (χ3v) is 10.9. The fourth-order valence-corrected chi connectivity index (χ4v) is 8.97. The molecule has 4 aliphatic rings. The second-order valence-electron chi connectivity index (χ2n) is 11.6. The number of fused-ring (bicyclic) bond motifs is 2. The van der Waals surface area contributed by atoms with Crippen LogP contribution in [0, 0.1) is 0 Å². The second-order valence-corrected chi connectivity index (χ2v) is 15.1. The molecule has 4 N–H and O–H groups in total. The zero-order valence-electron chi connectivity index (χ0n) is 23.8. The van der Waals surface area contributed by atoms with Crippen molar-refractivity contribution in [1.82, 2.24) is 20.4 Å². The molecule has 13 heteroatoms. The Morgan fingerprint density at radius 3 is 1.73 bits per heavy atom. The van der Waals surface area contributed by atoms with E-state index in [9.17, 15) is 29.1 Å². The Morgan fingerprint density at radius 2 is 1.27 bits per heavy atom. The van der Waals surface area contributed by atoms with Crippen molar-refractivity contribution in [3.05, 3.63) is 12.3 Å². The molecular formula is C27H42N4O7S2. The van der Waals surface area contributed by atoms with Crippen molar-refractivity contribution in [2.45, 2.75) is 124 Å². The van der Waals surface area contributed by atoms with E-state index < -0.39 is 39.6 Å². The van der Waals surface area contributed by atoms with Gasteiger partial charge in [0.15, 0.2) is 0 Å². The third kappa shape index (κ3) is 6.40. The van der Waals surface area contributed by atoms with Crippen LogP contribution < -0.4 is 10.6 Å². The van der Waals surface area contributed by atoms with Gasteiger partial charge in [-0.15, -0.1) is 23.5 Å². The summed E-state index contributed by atoms with van der Waals surface area (Å²) in [6.45, 7) is 9.60. The number of β-lactam (4-membered cyclic amide) rings is 2. The van der Waals surface area contributed by atoms with Gasteiger partial charge < -0.3 is 30.6 Å². The number of thioether (sulfide) groups is 2. The van der Waals surface area contributed by atoms with E-state index >= 15 is 0 Å². The molecule has 6 atom stereocenters. The van der Waals surface area contributed by atoms with Gasteiger partial charge in [0.1, 0.15) is 34.9 Å². The lowest BCUT2D eigenvalue weighted by Gasteiger charge is -2.43. The predicted octanol–water partition coefficient (Wildman–Crippen LogP) is 2.60. The Bertz CT molecular complexity index is 1020. The quantitative estimate of drug-likeness (QED) is 0.141. The van der Waals surface area contributed by atoms with Crippen LogP contribution in [0.2, 0.25) is 0 Å². The summed E-state index contributed by atoms with van der Waals surface area (Å²) in [5.74, 6) is -2.34. The molecule has 0 aromatic carbocycles. The van der Waals surface area contributed by atoms with Crippen LogP contribution in [0.5, 0.6) is 0 Å². The molecule has 40 heavy (non-hydrogen) atoms. The summed E-state index contributed by atoms with van der Waals surface area (Å²) in [6, 6.07) is -2.42. The molecule has 4 heterocycles. The second kappa shape index (κ2) is 13.1. The van der Waals surface area contributed by atoms with Gasteiger partial charge in [-0.25, -0.2) is 9.59 Å². The fraction of sp³-hybridized carbons (Fsp3) is 0.741. The van der Waals surface area contributed by atoms with Gasteiger partial charge in [0, 0.05) is 9.49 Å². The first-order valence-electron chi connectivity index (χ1n) is 13.9. The first-order chi connectivity index (χ1) is 18.8. The van der Waals surface area contributed by atoms with Gasteiger partial charge in [0.2, 0.25) is 18.2 Å². The Balaban J connectivity index is 0.000000238. The summed E-state index contributed by atoms with van der Waals surface area (Å²) in [4.78, 5) is 59.7. The Kier molecular flexibility index (Phi) is 10.5. The van der Waals surface area contributed by atoms with Crippen molar-refractivity contribution in [2.24, 2.45) is 0 Å². The van der Waals surface area contributed by atoms with Gasteiger partial charge in [0.05, 0.1) is 0 Å². The van der Waals surface area contributed by atoms with Crippen molar-refractivity contribution in [3.63, 3.8) is 0 Å². The van der Waals surface area contributed by atoms with E-state index in [-0.39, 0.29) is 28.6 Å². The molecule has 0 aromatic heterocycles. The van der Waals surface area contributed by atoms with E-state index in [4.69, 9.17) is 5.11 Å². The number of aliphatic carboxylic acids is 2. The normalized spacial score (nSPS) is 30.9. The number of nitrogens with zero attached hydrogens (tertiary/aromatic N) is 2. The minimum absolute atomic E-state index is 0.0766. The molecule has 4 saturated heterocycles. The number of rotatable bonds is 13. The average Bonchev–Trinajstić information content (AvgIpc) is 3.28. The number of nitrogens with one attached hydrogen (secondary N) is 2. The van der Waals surface area contributed by atoms with Gasteiger partial charge in [-0.05, 0) is 46.7 Å². The van der Waals surface area contributed by atoms with Crippen molar-refractivity contribution in [1.29, 1.82) is 0 Å². The van der Waals surface area contributed by atoms with Crippen molar-refractivity contribution < 1.29 is 34.2 Å². The number of carboxylic acids is 2. The predicted molar refractivity (Wildman–Crippen MR) is 154 cm³/mol. The Morgan fingerprint density at radius 1 is 0.825 bits per heavy atom. The van der Waals surface area contributed by atoms with Crippen LogP contribution in [-0.4, -0.2) is 94.6 Å². The lowest BCUT2D eigenvalue weighted by Crippen LogP contribution is -2.69. The maximum Gasteiger partial charge on any atom is 0.327 e. The molecule has 0 unspecified atom stereocenters. The van der Waals surface area contributed by atoms with Crippen molar-refractivity contribution in [2.75, 3.05) is 0 Å². The van der Waals surface area contributed by atoms with E-state index in [1.54, 1.807) is 25.6 Å². The molecule has 4 aliphatic heterocycles. The Labute approximate surface area is 244 Å². The highest BCUT2D eigenvalue weighted by Gasteiger charge is 2.64. The number of hydrogen-bond acceptors (Lipinski definition) is 8. The standard InChI is InChI=1S/C18H30N2O3S.C9H12N2O4S/c1-4-5-6-7-8-9-10-11-12-19-13-15(21)20-14(17(22)23)18(2,3)24-16(13)20;1-9(2)5(8(14)15)11-6(13)4(10-3-12)7(11)16-9/h11-14,16,19H,4-10H2,1-3H3,(H,22,23);3-5,7H,1-2H3,(H,10,12)(H,14,15)/b12-11+;/t13-,14+,16-;4-,5+,7-/m11/s1. The van der Waals surface area contributed by atoms with E-state index in [0.717, 1.165) is 6.42 Å². The zero-order valence-corrected chi connectivity index (χ0v) is 25.4. The summed E-state index contributed by atoms with van der Waals surface area (Å²) in [5, 5.41) is 23.7. The lowest BCUT2D eigenvalue weighted by molar-refractivity contribution is -0.160. The highest BCUT2D eigenvalue weighted by molar-refractivity contribution is 8.02. The highest BCUT2D eigenvalue weighted by Crippen LogP contribution is 2.51. The highest BCUT2D eigenvalue weighted by atomic mass is 32.2.